The topological polar surface area (TPSA) is 140 Å². The number of hydrogen-bond acceptors (Lipinski definition) is 6. The molecule has 0 spiro atoms. The Labute approximate surface area is 135 Å². The number of aliphatic carboxylic acids is 1. The number of nitrogens with zero attached hydrogens (tertiary/aromatic N) is 4. The summed E-state index contributed by atoms with van der Waals surface area (Å²) in [7, 11) is 0. The number of carboxylic acids is 1. The largest absolute Gasteiger partial charge is 0.481 e. The van der Waals surface area contributed by atoms with Crippen molar-refractivity contribution in [3.05, 3.63) is 46.5 Å². The van der Waals surface area contributed by atoms with Gasteiger partial charge in [0.05, 0.1) is 10.8 Å². The monoisotopic (exact) mass is 331 g/mol. The van der Waals surface area contributed by atoms with Gasteiger partial charge in [-0.3, -0.25) is 19.7 Å². The molecule has 1 aromatic carbocycles. The molecule has 2 N–H and O–H groups in total. The van der Waals surface area contributed by atoms with E-state index in [1.54, 1.807) is 0 Å². The predicted octanol–water partition coefficient (Wildman–Crippen LogP) is 0.768. The minimum Gasteiger partial charge on any atom is -0.481 e. The van der Waals surface area contributed by atoms with Gasteiger partial charge < -0.3 is 10.4 Å². The van der Waals surface area contributed by atoms with Gasteiger partial charge in [0, 0.05) is 17.7 Å². The molecule has 3 rings (SSSR count). The second kappa shape index (κ2) is 6.07. The third kappa shape index (κ3) is 2.93. The molecule has 1 fully saturated rings. The number of rotatable bonds is 5. The van der Waals surface area contributed by atoms with Crippen molar-refractivity contribution >= 4 is 17.6 Å². The molecule has 0 atom stereocenters. The Morgan fingerprint density at radius 2 is 2.12 bits per heavy atom. The van der Waals surface area contributed by atoms with Crippen LogP contribution in [0.4, 0.5) is 5.69 Å². The predicted molar refractivity (Wildman–Crippen MR) is 79.6 cm³/mol. The molecular weight excluding hydrogens is 318 g/mol. The molecule has 0 bridgehead atoms. The summed E-state index contributed by atoms with van der Waals surface area (Å²) in [4.78, 5) is 37.3. The van der Waals surface area contributed by atoms with Crippen molar-refractivity contribution < 1.29 is 19.6 Å². The Balaban J connectivity index is 1.77. The number of nitro benzene ring substituents is 1. The first-order chi connectivity index (χ1) is 11.5. The van der Waals surface area contributed by atoms with Crippen LogP contribution in [-0.4, -0.2) is 42.7 Å². The number of carbonyl (C=O) groups is 2. The number of amides is 1. The maximum absolute atomic E-state index is 12.2. The fourth-order valence-electron chi connectivity index (χ4n) is 2.54. The lowest BCUT2D eigenvalue weighted by Crippen LogP contribution is -2.46. The van der Waals surface area contributed by atoms with Gasteiger partial charge in [-0.05, 0) is 25.0 Å². The molecular formula is C14H13N5O5. The summed E-state index contributed by atoms with van der Waals surface area (Å²) in [6, 6.07) is 3.81. The van der Waals surface area contributed by atoms with Gasteiger partial charge in [0.1, 0.15) is 18.3 Å². The molecule has 1 aromatic heterocycles. The summed E-state index contributed by atoms with van der Waals surface area (Å²) in [6.45, 7) is 0. The van der Waals surface area contributed by atoms with Crippen LogP contribution >= 0.6 is 0 Å². The molecule has 0 saturated heterocycles. The normalized spacial score (nSPS) is 19.3. The highest BCUT2D eigenvalue weighted by atomic mass is 16.6. The number of benzene rings is 1. The van der Waals surface area contributed by atoms with Crippen molar-refractivity contribution in [3.8, 4) is 5.69 Å². The van der Waals surface area contributed by atoms with Gasteiger partial charge in [0.2, 0.25) is 0 Å². The van der Waals surface area contributed by atoms with E-state index in [-0.39, 0.29) is 23.0 Å². The summed E-state index contributed by atoms with van der Waals surface area (Å²) in [5.74, 6) is -1.80. The maximum atomic E-state index is 12.2. The van der Waals surface area contributed by atoms with Crippen molar-refractivity contribution in [2.24, 2.45) is 5.92 Å². The first kappa shape index (κ1) is 15.6. The number of carboxylic acid groups (broad SMARTS) is 1. The number of aromatic nitrogens is 3. The Hall–Kier alpha value is -3.30. The van der Waals surface area contributed by atoms with E-state index in [0.29, 0.717) is 12.8 Å². The Morgan fingerprint density at radius 1 is 1.38 bits per heavy atom. The summed E-state index contributed by atoms with van der Waals surface area (Å²) in [5.41, 5.74) is 0.0538. The molecule has 1 aliphatic carbocycles. The Kier molecular flexibility index (Phi) is 3.94. The van der Waals surface area contributed by atoms with Crippen molar-refractivity contribution in [1.82, 2.24) is 20.1 Å². The lowest BCUT2D eigenvalue weighted by Gasteiger charge is -2.32. The van der Waals surface area contributed by atoms with Crippen LogP contribution in [0.2, 0.25) is 0 Å². The lowest BCUT2D eigenvalue weighted by molar-refractivity contribution is -0.384. The second-order valence-electron chi connectivity index (χ2n) is 5.48. The molecule has 1 aliphatic rings. The van der Waals surface area contributed by atoms with Crippen molar-refractivity contribution in [2.45, 2.75) is 18.9 Å². The maximum Gasteiger partial charge on any atom is 0.306 e. The standard InChI is InChI=1S/C14H13N5O5/c20-13(17-10-3-9(4-10)14(21)22)8-1-2-11(12(5-8)19(23)24)18-7-15-6-16-18/h1-2,5-7,9-10H,3-4H2,(H,17,20)(H,21,22). The molecule has 0 aliphatic heterocycles. The average Bonchev–Trinajstić information content (AvgIpc) is 3.03. The van der Waals surface area contributed by atoms with Crippen LogP contribution in [-0.2, 0) is 4.79 Å². The van der Waals surface area contributed by atoms with Gasteiger partial charge in [0.25, 0.3) is 11.6 Å². The summed E-state index contributed by atoms with van der Waals surface area (Å²) in [6.07, 6.45) is 3.29. The molecule has 10 nitrogen and oxygen atoms in total. The van der Waals surface area contributed by atoms with E-state index < -0.39 is 22.7 Å². The Bertz CT molecular complexity index is 798. The number of carbonyl (C=O) groups excluding carboxylic acids is 1. The Morgan fingerprint density at radius 3 is 2.71 bits per heavy atom. The fourth-order valence-corrected chi connectivity index (χ4v) is 2.54. The van der Waals surface area contributed by atoms with Gasteiger partial charge in [-0.1, -0.05) is 0 Å². The number of hydrogen-bond donors (Lipinski definition) is 2. The van der Waals surface area contributed by atoms with E-state index >= 15 is 0 Å². The first-order valence-electron chi connectivity index (χ1n) is 7.13. The van der Waals surface area contributed by atoms with Crippen LogP contribution in [0, 0.1) is 16.0 Å². The molecule has 0 radical (unpaired) electrons. The second-order valence-corrected chi connectivity index (χ2v) is 5.48. The average molecular weight is 331 g/mol. The highest BCUT2D eigenvalue weighted by molar-refractivity contribution is 5.95. The van der Waals surface area contributed by atoms with Crippen LogP contribution < -0.4 is 5.32 Å². The smallest absolute Gasteiger partial charge is 0.306 e. The quantitative estimate of drug-likeness (QED) is 0.609. The zero-order chi connectivity index (χ0) is 17.3. The van der Waals surface area contributed by atoms with Crippen LogP contribution in [0.5, 0.6) is 0 Å². The van der Waals surface area contributed by atoms with E-state index in [1.165, 1.54) is 35.5 Å². The van der Waals surface area contributed by atoms with E-state index in [4.69, 9.17) is 5.11 Å². The van der Waals surface area contributed by atoms with Gasteiger partial charge in [-0.2, -0.15) is 5.10 Å². The van der Waals surface area contributed by atoms with E-state index in [2.05, 4.69) is 15.4 Å². The SMILES string of the molecule is O=C(NC1CC(C(=O)O)C1)c1ccc(-n2cncn2)c([N+](=O)[O-])c1. The van der Waals surface area contributed by atoms with Gasteiger partial charge in [-0.25, -0.2) is 9.67 Å². The summed E-state index contributed by atoms with van der Waals surface area (Å²) >= 11 is 0. The minimum absolute atomic E-state index is 0.129. The van der Waals surface area contributed by atoms with Crippen LogP contribution in [0.15, 0.2) is 30.9 Å². The number of nitrogens with one attached hydrogen (secondary N) is 1. The number of nitro groups is 1. The molecule has 1 heterocycles. The van der Waals surface area contributed by atoms with Gasteiger partial charge >= 0.3 is 5.97 Å². The zero-order valence-electron chi connectivity index (χ0n) is 12.3. The summed E-state index contributed by atoms with van der Waals surface area (Å²) < 4.78 is 1.24. The third-order valence-electron chi connectivity index (χ3n) is 3.92. The fraction of sp³-hybridized carbons (Fsp3) is 0.286. The van der Waals surface area contributed by atoms with Crippen LogP contribution in [0.1, 0.15) is 23.2 Å². The van der Waals surface area contributed by atoms with Crippen molar-refractivity contribution in [2.75, 3.05) is 0 Å². The molecule has 1 saturated carbocycles. The van der Waals surface area contributed by atoms with Gasteiger partial charge in [-0.15, -0.1) is 0 Å². The van der Waals surface area contributed by atoms with Crippen LogP contribution in [0.25, 0.3) is 5.69 Å². The van der Waals surface area contributed by atoms with Gasteiger partial charge in [0.15, 0.2) is 0 Å². The zero-order valence-corrected chi connectivity index (χ0v) is 12.3. The highest BCUT2D eigenvalue weighted by Gasteiger charge is 2.35. The van der Waals surface area contributed by atoms with Crippen molar-refractivity contribution in [3.63, 3.8) is 0 Å². The summed E-state index contributed by atoms with van der Waals surface area (Å²) in [5, 5.41) is 26.6. The molecule has 1 amide bonds. The molecule has 10 heteroatoms. The van der Waals surface area contributed by atoms with E-state index in [0.717, 1.165) is 0 Å². The molecule has 0 unspecified atom stereocenters. The molecule has 2 aromatic rings. The third-order valence-corrected chi connectivity index (χ3v) is 3.92. The van der Waals surface area contributed by atoms with E-state index in [1.807, 2.05) is 0 Å². The minimum atomic E-state index is -0.881. The molecule has 124 valence electrons. The van der Waals surface area contributed by atoms with E-state index in [9.17, 15) is 19.7 Å². The highest BCUT2D eigenvalue weighted by Crippen LogP contribution is 2.28. The molecule has 24 heavy (non-hydrogen) atoms. The van der Waals surface area contributed by atoms with Crippen molar-refractivity contribution in [1.29, 1.82) is 0 Å². The first-order valence-corrected chi connectivity index (χ1v) is 7.13. The lowest BCUT2D eigenvalue weighted by atomic mass is 9.80. The van der Waals surface area contributed by atoms with Crippen LogP contribution in [0.3, 0.4) is 0 Å².